The van der Waals surface area contributed by atoms with Crippen LogP contribution >= 0.6 is 11.8 Å². The molecule has 0 spiro atoms. The van der Waals surface area contributed by atoms with Crippen molar-refractivity contribution in [1.82, 2.24) is 4.90 Å². The number of nitrogens with one attached hydrogen (secondary N) is 1. The fourth-order valence-electron chi connectivity index (χ4n) is 4.25. The summed E-state index contributed by atoms with van der Waals surface area (Å²) in [6, 6.07) is 11.6. The molecule has 156 valence electrons. The lowest BCUT2D eigenvalue weighted by Crippen LogP contribution is -2.31. The molecule has 3 aliphatic heterocycles. The van der Waals surface area contributed by atoms with Crippen LogP contribution in [0.1, 0.15) is 48.1 Å². The van der Waals surface area contributed by atoms with E-state index >= 15 is 0 Å². The SMILES string of the molecule is C[C@H]1Sc2ccc(C(=O)N3CCC[C@H]3c3ccc4c(c3)OCCCO4)cc2NC1=O. The minimum atomic E-state index is -0.124. The van der Waals surface area contributed by atoms with Gasteiger partial charge < -0.3 is 19.7 Å². The molecule has 30 heavy (non-hydrogen) atoms. The highest BCUT2D eigenvalue weighted by Gasteiger charge is 2.32. The quantitative estimate of drug-likeness (QED) is 0.780. The molecule has 1 fully saturated rings. The second kappa shape index (κ2) is 7.87. The highest BCUT2D eigenvalue weighted by Crippen LogP contribution is 2.40. The smallest absolute Gasteiger partial charge is 0.254 e. The zero-order valence-electron chi connectivity index (χ0n) is 16.8. The molecule has 0 aromatic heterocycles. The minimum absolute atomic E-state index is 0.00896. The van der Waals surface area contributed by atoms with Crippen LogP contribution in [0.4, 0.5) is 5.69 Å². The standard InChI is InChI=1S/C23H24N2O4S/c1-14-22(26)24-17-12-16(6-8-21(17)30-14)23(27)25-9-2-4-18(25)15-5-7-19-20(13-15)29-11-3-10-28-19/h5-8,12-14,18H,2-4,9-11H2,1H3,(H,24,26)/t14-,18+/m1/s1. The van der Waals surface area contributed by atoms with Crippen LogP contribution < -0.4 is 14.8 Å². The first-order chi connectivity index (χ1) is 14.6. The minimum Gasteiger partial charge on any atom is -0.490 e. The second-order valence-electron chi connectivity index (χ2n) is 7.87. The summed E-state index contributed by atoms with van der Waals surface area (Å²) < 4.78 is 11.6. The highest BCUT2D eigenvalue weighted by molar-refractivity contribution is 8.00. The Labute approximate surface area is 179 Å². The van der Waals surface area contributed by atoms with Gasteiger partial charge in [0.2, 0.25) is 5.91 Å². The van der Waals surface area contributed by atoms with Gasteiger partial charge in [0.25, 0.3) is 5.91 Å². The number of ether oxygens (including phenoxy) is 2. The number of carbonyl (C=O) groups is 2. The number of thioether (sulfide) groups is 1. The molecule has 1 saturated heterocycles. The van der Waals surface area contributed by atoms with Gasteiger partial charge in [-0.25, -0.2) is 0 Å². The molecule has 7 heteroatoms. The van der Waals surface area contributed by atoms with Gasteiger partial charge in [0.15, 0.2) is 11.5 Å². The lowest BCUT2D eigenvalue weighted by molar-refractivity contribution is -0.115. The van der Waals surface area contributed by atoms with Crippen molar-refractivity contribution in [3.8, 4) is 11.5 Å². The molecule has 3 aliphatic rings. The van der Waals surface area contributed by atoms with Gasteiger partial charge in [0.1, 0.15) is 0 Å². The van der Waals surface area contributed by atoms with Gasteiger partial charge >= 0.3 is 0 Å². The van der Waals surface area contributed by atoms with Gasteiger partial charge in [-0.3, -0.25) is 9.59 Å². The van der Waals surface area contributed by atoms with Gasteiger partial charge in [-0.05, 0) is 55.7 Å². The third kappa shape index (κ3) is 3.51. The number of carbonyl (C=O) groups excluding carboxylic acids is 2. The van der Waals surface area contributed by atoms with E-state index in [4.69, 9.17) is 9.47 Å². The van der Waals surface area contributed by atoms with E-state index in [0.717, 1.165) is 46.9 Å². The maximum Gasteiger partial charge on any atom is 0.254 e. The molecule has 2 aromatic carbocycles. The third-order valence-electron chi connectivity index (χ3n) is 5.83. The molecular formula is C23H24N2O4S. The second-order valence-corrected chi connectivity index (χ2v) is 9.26. The highest BCUT2D eigenvalue weighted by atomic mass is 32.2. The number of nitrogens with zero attached hydrogens (tertiary/aromatic N) is 1. The van der Waals surface area contributed by atoms with Crippen LogP contribution in [0.2, 0.25) is 0 Å². The summed E-state index contributed by atoms with van der Waals surface area (Å²) in [7, 11) is 0. The van der Waals surface area contributed by atoms with Crippen molar-refractivity contribution in [3.63, 3.8) is 0 Å². The first-order valence-corrected chi connectivity index (χ1v) is 11.3. The summed E-state index contributed by atoms with van der Waals surface area (Å²) in [5.74, 6) is 1.49. The van der Waals surface area contributed by atoms with Gasteiger partial charge in [-0.2, -0.15) is 0 Å². The molecule has 5 rings (SSSR count). The molecule has 2 atom stereocenters. The summed E-state index contributed by atoms with van der Waals surface area (Å²) in [6.07, 6.45) is 2.74. The molecular weight excluding hydrogens is 400 g/mol. The van der Waals surface area contributed by atoms with Crippen LogP contribution in [-0.2, 0) is 4.79 Å². The van der Waals surface area contributed by atoms with Gasteiger partial charge in [0.05, 0.1) is 30.2 Å². The number of rotatable bonds is 2. The summed E-state index contributed by atoms with van der Waals surface area (Å²) in [6.45, 7) is 3.90. The lowest BCUT2D eigenvalue weighted by atomic mass is 10.0. The number of likely N-dealkylation sites (tertiary alicyclic amines) is 1. The molecule has 0 radical (unpaired) electrons. The van der Waals surface area contributed by atoms with E-state index in [2.05, 4.69) is 5.32 Å². The topological polar surface area (TPSA) is 67.9 Å². The summed E-state index contributed by atoms with van der Waals surface area (Å²) >= 11 is 1.52. The number of benzene rings is 2. The summed E-state index contributed by atoms with van der Waals surface area (Å²) in [5, 5.41) is 2.79. The fourth-order valence-corrected chi connectivity index (χ4v) is 5.18. The Balaban J connectivity index is 1.40. The lowest BCUT2D eigenvalue weighted by Gasteiger charge is -2.27. The Morgan fingerprint density at radius 3 is 2.80 bits per heavy atom. The van der Waals surface area contributed by atoms with Gasteiger partial charge in [-0.15, -0.1) is 11.8 Å². The number of fused-ring (bicyclic) bond motifs is 2. The van der Waals surface area contributed by atoms with Crippen molar-refractivity contribution in [2.45, 2.75) is 42.4 Å². The first kappa shape index (κ1) is 19.3. The van der Waals surface area contributed by atoms with Crippen LogP contribution in [0, 0.1) is 0 Å². The Morgan fingerprint density at radius 1 is 1.10 bits per heavy atom. The van der Waals surface area contributed by atoms with E-state index in [1.165, 1.54) is 11.8 Å². The van der Waals surface area contributed by atoms with Crippen LogP contribution in [0.3, 0.4) is 0 Å². The molecule has 1 N–H and O–H groups in total. The molecule has 2 amide bonds. The molecule has 0 aliphatic carbocycles. The van der Waals surface area contributed by atoms with Crippen molar-refractivity contribution in [3.05, 3.63) is 47.5 Å². The predicted octanol–water partition coefficient (Wildman–Crippen LogP) is 4.26. The summed E-state index contributed by atoms with van der Waals surface area (Å²) in [5.41, 5.74) is 2.39. The molecule has 0 bridgehead atoms. The largest absolute Gasteiger partial charge is 0.490 e. The summed E-state index contributed by atoms with van der Waals surface area (Å²) in [4.78, 5) is 28.3. The third-order valence-corrected chi connectivity index (χ3v) is 7.00. The van der Waals surface area contributed by atoms with Gasteiger partial charge in [-0.1, -0.05) is 6.07 Å². The Kier molecular flexibility index (Phi) is 5.06. The Bertz CT molecular complexity index is 1010. The number of amides is 2. The van der Waals surface area contributed by atoms with Crippen molar-refractivity contribution >= 4 is 29.3 Å². The number of hydrogen-bond acceptors (Lipinski definition) is 5. The Hall–Kier alpha value is -2.67. The normalized spacial score (nSPS) is 22.8. The predicted molar refractivity (Wildman–Crippen MR) is 115 cm³/mol. The Morgan fingerprint density at radius 2 is 1.93 bits per heavy atom. The molecule has 0 unspecified atom stereocenters. The van der Waals surface area contributed by atoms with Crippen molar-refractivity contribution in [2.24, 2.45) is 0 Å². The monoisotopic (exact) mass is 424 g/mol. The molecule has 3 heterocycles. The van der Waals surface area contributed by atoms with E-state index in [9.17, 15) is 9.59 Å². The molecule has 2 aromatic rings. The van der Waals surface area contributed by atoms with Crippen LogP contribution in [0.25, 0.3) is 0 Å². The van der Waals surface area contributed by atoms with Crippen LogP contribution in [0.5, 0.6) is 11.5 Å². The maximum absolute atomic E-state index is 13.4. The zero-order valence-corrected chi connectivity index (χ0v) is 17.7. The molecule has 0 saturated carbocycles. The van der Waals surface area contributed by atoms with E-state index in [1.54, 1.807) is 6.07 Å². The van der Waals surface area contributed by atoms with Crippen LogP contribution in [-0.4, -0.2) is 41.7 Å². The maximum atomic E-state index is 13.4. The molecule has 6 nitrogen and oxygen atoms in total. The first-order valence-electron chi connectivity index (χ1n) is 10.4. The number of anilines is 1. The van der Waals surface area contributed by atoms with Crippen molar-refractivity contribution < 1.29 is 19.1 Å². The van der Waals surface area contributed by atoms with E-state index < -0.39 is 0 Å². The van der Waals surface area contributed by atoms with Crippen molar-refractivity contribution in [1.29, 1.82) is 0 Å². The van der Waals surface area contributed by atoms with E-state index in [-0.39, 0.29) is 23.1 Å². The zero-order chi connectivity index (χ0) is 20.7. The average molecular weight is 425 g/mol. The van der Waals surface area contributed by atoms with E-state index in [1.807, 2.05) is 42.2 Å². The van der Waals surface area contributed by atoms with Crippen molar-refractivity contribution in [2.75, 3.05) is 25.1 Å². The van der Waals surface area contributed by atoms with E-state index in [0.29, 0.717) is 25.3 Å². The number of hydrogen-bond donors (Lipinski definition) is 1. The average Bonchev–Trinajstić information content (AvgIpc) is 3.12. The fraction of sp³-hybridized carbons (Fsp3) is 0.391. The van der Waals surface area contributed by atoms with Crippen LogP contribution in [0.15, 0.2) is 41.3 Å². The van der Waals surface area contributed by atoms with Gasteiger partial charge in [0, 0.05) is 23.4 Å².